The van der Waals surface area contributed by atoms with E-state index >= 15 is 0 Å². The number of nitrogens with one attached hydrogen (secondary N) is 1. The zero-order valence-electron chi connectivity index (χ0n) is 21.0. The topological polar surface area (TPSA) is 101 Å². The fraction of sp³-hybridized carbons (Fsp3) is 0.296. The Bertz CT molecular complexity index is 1440. The largest absolute Gasteiger partial charge is 0.444 e. The molecule has 4 heterocycles. The van der Waals surface area contributed by atoms with Crippen LogP contribution in [0.25, 0.3) is 21.5 Å². The maximum absolute atomic E-state index is 13.2. The molecule has 190 valence electrons. The van der Waals surface area contributed by atoms with Gasteiger partial charge in [0, 0.05) is 59.6 Å². The van der Waals surface area contributed by atoms with Crippen LogP contribution < -0.4 is 10.2 Å². The van der Waals surface area contributed by atoms with E-state index in [9.17, 15) is 9.59 Å². The number of nitrogens with zero attached hydrogens (tertiary/aromatic N) is 5. The molecule has 3 aromatic heterocycles. The number of fused-ring (bicyclic) bond motifs is 1. The highest BCUT2D eigenvalue weighted by Gasteiger charge is 2.27. The Morgan fingerprint density at radius 2 is 1.81 bits per heavy atom. The van der Waals surface area contributed by atoms with Crippen LogP contribution in [-0.2, 0) is 4.74 Å². The molecule has 0 aliphatic carbocycles. The smallest absolute Gasteiger partial charge is 0.410 e. The Balaban J connectivity index is 1.30. The van der Waals surface area contributed by atoms with Crippen molar-refractivity contribution in [3.8, 4) is 11.4 Å². The molecule has 9 nitrogen and oxygen atoms in total. The third kappa shape index (κ3) is 5.54. The molecule has 4 aromatic rings. The zero-order chi connectivity index (χ0) is 26.0. The van der Waals surface area contributed by atoms with Gasteiger partial charge < -0.3 is 19.9 Å². The molecule has 0 saturated carbocycles. The molecule has 1 N–H and O–H groups in total. The number of pyridine rings is 1. The van der Waals surface area contributed by atoms with E-state index in [4.69, 9.17) is 4.74 Å². The maximum atomic E-state index is 13.2. The summed E-state index contributed by atoms with van der Waals surface area (Å²) in [5.41, 5.74) is 2.06. The SMILES string of the molecule is CC(C)(C)OC(=O)N1CCN(c2ccncc2NC(=O)c2ccnc(-c3csc4ccccc34)n2)CC1. The predicted octanol–water partition coefficient (Wildman–Crippen LogP) is 5.06. The number of ether oxygens (including phenoxy) is 1. The van der Waals surface area contributed by atoms with Crippen molar-refractivity contribution >= 4 is 44.8 Å². The number of benzene rings is 1. The van der Waals surface area contributed by atoms with Gasteiger partial charge in [-0.2, -0.15) is 0 Å². The van der Waals surface area contributed by atoms with Crippen molar-refractivity contribution in [3.05, 3.63) is 66.1 Å². The summed E-state index contributed by atoms with van der Waals surface area (Å²) < 4.78 is 6.64. The fourth-order valence-corrected chi connectivity index (χ4v) is 5.11. The van der Waals surface area contributed by atoms with Gasteiger partial charge in [-0.1, -0.05) is 18.2 Å². The van der Waals surface area contributed by atoms with Crippen molar-refractivity contribution in [3.63, 3.8) is 0 Å². The van der Waals surface area contributed by atoms with Gasteiger partial charge in [0.1, 0.15) is 11.3 Å². The van der Waals surface area contributed by atoms with E-state index in [1.54, 1.807) is 40.9 Å². The number of rotatable bonds is 4. The third-order valence-corrected chi connectivity index (χ3v) is 6.89. The summed E-state index contributed by atoms with van der Waals surface area (Å²) in [5, 5.41) is 6.03. The molecule has 1 aliphatic rings. The normalized spacial score (nSPS) is 14.0. The summed E-state index contributed by atoms with van der Waals surface area (Å²) in [4.78, 5) is 42.6. The molecule has 0 bridgehead atoms. The third-order valence-electron chi connectivity index (χ3n) is 5.93. The lowest BCUT2D eigenvalue weighted by molar-refractivity contribution is 0.0240. The number of aromatic nitrogens is 3. The predicted molar refractivity (Wildman–Crippen MR) is 145 cm³/mol. The van der Waals surface area contributed by atoms with Crippen molar-refractivity contribution in [1.29, 1.82) is 0 Å². The Morgan fingerprint density at radius 1 is 1.03 bits per heavy atom. The first-order valence-electron chi connectivity index (χ1n) is 12.1. The first kappa shape index (κ1) is 24.6. The lowest BCUT2D eigenvalue weighted by Crippen LogP contribution is -2.50. The number of thiophene rings is 1. The molecule has 1 aromatic carbocycles. The monoisotopic (exact) mass is 516 g/mol. The van der Waals surface area contributed by atoms with Crippen LogP contribution in [0, 0.1) is 0 Å². The average molecular weight is 517 g/mol. The second kappa shape index (κ2) is 10.1. The van der Waals surface area contributed by atoms with Gasteiger partial charge in [-0.15, -0.1) is 11.3 Å². The highest BCUT2D eigenvalue weighted by atomic mass is 32.1. The maximum Gasteiger partial charge on any atom is 0.410 e. The van der Waals surface area contributed by atoms with E-state index in [0.717, 1.165) is 21.3 Å². The van der Waals surface area contributed by atoms with Crippen LogP contribution >= 0.6 is 11.3 Å². The van der Waals surface area contributed by atoms with Crippen molar-refractivity contribution in [2.45, 2.75) is 26.4 Å². The molecular formula is C27H28N6O3S. The first-order valence-corrected chi connectivity index (χ1v) is 12.9. The number of anilines is 2. The number of hydrogen-bond donors (Lipinski definition) is 1. The molecule has 0 radical (unpaired) electrons. The fourth-order valence-electron chi connectivity index (χ4n) is 4.17. The van der Waals surface area contributed by atoms with Gasteiger partial charge in [0.15, 0.2) is 5.82 Å². The van der Waals surface area contributed by atoms with E-state index in [-0.39, 0.29) is 17.7 Å². The van der Waals surface area contributed by atoms with Crippen LogP contribution in [0.4, 0.5) is 16.2 Å². The van der Waals surface area contributed by atoms with Crippen LogP contribution in [-0.4, -0.2) is 63.6 Å². The first-order chi connectivity index (χ1) is 17.8. The lowest BCUT2D eigenvalue weighted by Gasteiger charge is -2.37. The van der Waals surface area contributed by atoms with Crippen molar-refractivity contribution in [1.82, 2.24) is 19.9 Å². The van der Waals surface area contributed by atoms with E-state index < -0.39 is 5.60 Å². The van der Waals surface area contributed by atoms with Crippen LogP contribution in [0.3, 0.4) is 0 Å². The Hall–Kier alpha value is -4.05. The van der Waals surface area contributed by atoms with Gasteiger partial charge >= 0.3 is 6.09 Å². The van der Waals surface area contributed by atoms with E-state index in [2.05, 4.69) is 31.2 Å². The average Bonchev–Trinajstić information content (AvgIpc) is 3.32. The number of hydrogen-bond acceptors (Lipinski definition) is 8. The minimum absolute atomic E-state index is 0.268. The molecule has 10 heteroatoms. The number of amides is 2. The van der Waals surface area contributed by atoms with Gasteiger partial charge in [-0.25, -0.2) is 14.8 Å². The molecule has 1 saturated heterocycles. The number of carbonyl (C=O) groups excluding carboxylic acids is 2. The van der Waals surface area contributed by atoms with E-state index in [1.165, 1.54) is 0 Å². The summed E-state index contributed by atoms with van der Waals surface area (Å²) in [6, 6.07) is 11.5. The second-order valence-corrected chi connectivity index (χ2v) is 10.6. The molecule has 0 atom stereocenters. The molecule has 0 unspecified atom stereocenters. The second-order valence-electron chi connectivity index (χ2n) is 9.71. The minimum Gasteiger partial charge on any atom is -0.444 e. The van der Waals surface area contributed by atoms with Crippen LogP contribution in [0.5, 0.6) is 0 Å². The minimum atomic E-state index is -0.534. The molecule has 2 amide bonds. The molecule has 5 rings (SSSR count). The standard InChI is InChI=1S/C27H28N6O3S/c1-27(2,3)36-26(35)33-14-12-32(13-15-33)22-9-10-28-16-21(22)31-25(34)20-8-11-29-24(30-20)19-17-37-23-7-5-4-6-18(19)23/h4-11,16-17H,12-15H2,1-3H3,(H,31,34). The Kier molecular flexibility index (Phi) is 6.75. The number of carbonyl (C=O) groups is 2. The summed E-state index contributed by atoms with van der Waals surface area (Å²) in [6.07, 6.45) is 4.61. The van der Waals surface area contributed by atoms with Crippen molar-refractivity contribution in [2.24, 2.45) is 0 Å². The number of piperazine rings is 1. The lowest BCUT2D eigenvalue weighted by atomic mass is 10.1. The van der Waals surface area contributed by atoms with Gasteiger partial charge in [0.05, 0.1) is 17.6 Å². The highest BCUT2D eigenvalue weighted by Crippen LogP contribution is 2.32. The van der Waals surface area contributed by atoms with Crippen molar-refractivity contribution in [2.75, 3.05) is 36.4 Å². The quantitative estimate of drug-likeness (QED) is 0.404. The summed E-state index contributed by atoms with van der Waals surface area (Å²) in [7, 11) is 0. The summed E-state index contributed by atoms with van der Waals surface area (Å²) in [5.74, 6) is 0.166. The van der Waals surface area contributed by atoms with Crippen LogP contribution in [0.1, 0.15) is 31.3 Å². The van der Waals surface area contributed by atoms with E-state index in [1.807, 2.05) is 50.4 Å². The van der Waals surface area contributed by atoms with Crippen LogP contribution in [0.2, 0.25) is 0 Å². The highest BCUT2D eigenvalue weighted by molar-refractivity contribution is 7.17. The van der Waals surface area contributed by atoms with Gasteiger partial charge in [-0.05, 0) is 39.0 Å². The Labute approximate surface area is 219 Å². The van der Waals surface area contributed by atoms with Gasteiger partial charge in [0.2, 0.25) is 0 Å². The molecule has 37 heavy (non-hydrogen) atoms. The van der Waals surface area contributed by atoms with Crippen LogP contribution in [0.15, 0.2) is 60.4 Å². The van der Waals surface area contributed by atoms with Gasteiger partial charge in [-0.3, -0.25) is 9.78 Å². The molecule has 1 fully saturated rings. The molecule has 1 aliphatic heterocycles. The molecule has 0 spiro atoms. The van der Waals surface area contributed by atoms with Gasteiger partial charge in [0.25, 0.3) is 5.91 Å². The summed E-state index contributed by atoms with van der Waals surface area (Å²) >= 11 is 1.62. The molecular weight excluding hydrogens is 488 g/mol. The zero-order valence-corrected chi connectivity index (χ0v) is 21.8. The Morgan fingerprint density at radius 3 is 2.59 bits per heavy atom. The summed E-state index contributed by atoms with van der Waals surface area (Å²) in [6.45, 7) is 7.83. The van der Waals surface area contributed by atoms with Crippen molar-refractivity contribution < 1.29 is 14.3 Å². The van der Waals surface area contributed by atoms with E-state index in [0.29, 0.717) is 37.7 Å².